The number of hydrogen-bond acceptors (Lipinski definition) is 4. The zero-order valence-corrected chi connectivity index (χ0v) is 16.3. The highest BCUT2D eigenvalue weighted by molar-refractivity contribution is 5.29. The third-order valence-electron chi connectivity index (χ3n) is 6.71. The van der Waals surface area contributed by atoms with E-state index in [9.17, 15) is 5.11 Å². The molecule has 4 nitrogen and oxygen atoms in total. The predicted molar refractivity (Wildman–Crippen MR) is 108 cm³/mol. The predicted octanol–water partition coefficient (Wildman–Crippen LogP) is 3.87. The van der Waals surface area contributed by atoms with E-state index in [1.165, 1.54) is 18.4 Å². The molecule has 0 aliphatic carbocycles. The number of aliphatic hydroxyl groups is 1. The summed E-state index contributed by atoms with van der Waals surface area (Å²) in [5.41, 5.74) is 1.71. The van der Waals surface area contributed by atoms with Gasteiger partial charge in [-0.05, 0) is 48.9 Å². The number of benzene rings is 2. The van der Waals surface area contributed by atoms with Crippen molar-refractivity contribution < 1.29 is 14.6 Å². The summed E-state index contributed by atoms with van der Waals surface area (Å²) in [6, 6.07) is 19.7. The van der Waals surface area contributed by atoms with Crippen LogP contribution in [0, 0.1) is 0 Å². The van der Waals surface area contributed by atoms with E-state index >= 15 is 0 Å². The molecule has 3 aliphatic rings. The Morgan fingerprint density at radius 1 is 0.964 bits per heavy atom. The van der Waals surface area contributed by atoms with Crippen LogP contribution in [0.2, 0.25) is 0 Å². The SMILES string of the molecule is OC1(c2ccccc2)CC2CCC(C1)N2Cc1ccc(OC2CCOC2)cc1. The summed E-state index contributed by atoms with van der Waals surface area (Å²) in [4.78, 5) is 2.61. The van der Waals surface area contributed by atoms with Crippen LogP contribution < -0.4 is 4.74 Å². The Balaban J connectivity index is 1.24. The molecule has 4 heteroatoms. The maximum Gasteiger partial charge on any atom is 0.124 e. The molecule has 0 amide bonds. The second-order valence-corrected chi connectivity index (χ2v) is 8.61. The van der Waals surface area contributed by atoms with Crippen molar-refractivity contribution in [1.29, 1.82) is 0 Å². The Hall–Kier alpha value is -1.88. The van der Waals surface area contributed by atoms with Gasteiger partial charge in [-0.2, -0.15) is 0 Å². The first kappa shape index (κ1) is 18.2. The fourth-order valence-corrected chi connectivity index (χ4v) is 5.24. The second kappa shape index (κ2) is 7.51. The van der Waals surface area contributed by atoms with Crippen molar-refractivity contribution in [3.63, 3.8) is 0 Å². The van der Waals surface area contributed by atoms with Gasteiger partial charge in [0.2, 0.25) is 0 Å². The molecule has 0 spiro atoms. The van der Waals surface area contributed by atoms with E-state index in [2.05, 4.69) is 41.3 Å². The van der Waals surface area contributed by atoms with Crippen LogP contribution in [0.1, 0.15) is 43.2 Å². The minimum absolute atomic E-state index is 0.194. The number of fused-ring (bicyclic) bond motifs is 2. The average molecular weight is 380 g/mol. The van der Waals surface area contributed by atoms with Gasteiger partial charge >= 0.3 is 0 Å². The lowest BCUT2D eigenvalue weighted by Gasteiger charge is -2.44. The van der Waals surface area contributed by atoms with Crippen molar-refractivity contribution in [2.75, 3.05) is 13.2 Å². The van der Waals surface area contributed by atoms with Crippen LogP contribution in [-0.2, 0) is 16.9 Å². The van der Waals surface area contributed by atoms with Crippen molar-refractivity contribution in [1.82, 2.24) is 4.90 Å². The molecule has 3 aliphatic heterocycles. The van der Waals surface area contributed by atoms with Gasteiger partial charge in [0.25, 0.3) is 0 Å². The minimum atomic E-state index is -0.676. The van der Waals surface area contributed by atoms with Crippen molar-refractivity contribution in [2.24, 2.45) is 0 Å². The average Bonchev–Trinajstić information content (AvgIpc) is 3.31. The molecule has 0 radical (unpaired) electrons. The number of rotatable bonds is 5. The summed E-state index contributed by atoms with van der Waals surface area (Å²) in [6.07, 6.45) is 5.20. The Morgan fingerprint density at radius 2 is 1.68 bits per heavy atom. The molecule has 3 saturated heterocycles. The highest BCUT2D eigenvalue weighted by Gasteiger charge is 2.47. The van der Waals surface area contributed by atoms with Crippen LogP contribution in [0.5, 0.6) is 5.75 Å². The van der Waals surface area contributed by atoms with E-state index in [0.29, 0.717) is 18.7 Å². The number of ether oxygens (including phenoxy) is 2. The molecule has 3 heterocycles. The molecule has 3 unspecified atom stereocenters. The van der Waals surface area contributed by atoms with Gasteiger partial charge < -0.3 is 14.6 Å². The van der Waals surface area contributed by atoms with E-state index in [-0.39, 0.29) is 6.10 Å². The van der Waals surface area contributed by atoms with Crippen LogP contribution in [0.4, 0.5) is 0 Å². The first-order valence-corrected chi connectivity index (χ1v) is 10.6. The summed E-state index contributed by atoms with van der Waals surface area (Å²) < 4.78 is 11.4. The summed E-state index contributed by atoms with van der Waals surface area (Å²) in [5.74, 6) is 0.930. The molecule has 0 aromatic heterocycles. The van der Waals surface area contributed by atoms with Gasteiger partial charge in [-0.25, -0.2) is 0 Å². The quantitative estimate of drug-likeness (QED) is 0.856. The van der Waals surface area contributed by atoms with Crippen LogP contribution >= 0.6 is 0 Å². The van der Waals surface area contributed by atoms with E-state index < -0.39 is 5.60 Å². The fourth-order valence-electron chi connectivity index (χ4n) is 5.24. The zero-order valence-electron chi connectivity index (χ0n) is 16.3. The smallest absolute Gasteiger partial charge is 0.124 e. The Labute approximate surface area is 167 Å². The fraction of sp³-hybridized carbons (Fsp3) is 0.500. The van der Waals surface area contributed by atoms with Gasteiger partial charge in [0.05, 0.1) is 18.8 Å². The van der Waals surface area contributed by atoms with Gasteiger partial charge in [0.15, 0.2) is 0 Å². The van der Waals surface area contributed by atoms with Gasteiger partial charge in [0.1, 0.15) is 11.9 Å². The first-order chi connectivity index (χ1) is 13.7. The molecule has 1 N–H and O–H groups in total. The molecule has 148 valence electrons. The summed E-state index contributed by atoms with van der Waals surface area (Å²) in [7, 11) is 0. The highest BCUT2D eigenvalue weighted by Crippen LogP contribution is 2.46. The maximum absolute atomic E-state index is 11.3. The standard InChI is InChI=1S/C24H29NO3/c26-24(19-4-2-1-3-5-19)14-20-8-9-21(15-24)25(20)16-18-6-10-22(11-7-18)28-23-12-13-27-17-23/h1-7,10-11,20-21,23,26H,8-9,12-17H2. The lowest BCUT2D eigenvalue weighted by Crippen LogP contribution is -2.49. The normalized spacial score (nSPS) is 32.5. The second-order valence-electron chi connectivity index (χ2n) is 8.61. The topological polar surface area (TPSA) is 41.9 Å². The van der Waals surface area contributed by atoms with E-state index in [1.54, 1.807) is 0 Å². The molecular weight excluding hydrogens is 350 g/mol. The highest BCUT2D eigenvalue weighted by atomic mass is 16.5. The third kappa shape index (κ3) is 3.57. The maximum atomic E-state index is 11.3. The summed E-state index contributed by atoms with van der Waals surface area (Å²) in [6.45, 7) is 2.45. The molecule has 0 saturated carbocycles. The minimum Gasteiger partial charge on any atom is -0.488 e. The largest absolute Gasteiger partial charge is 0.488 e. The van der Waals surface area contributed by atoms with Crippen LogP contribution in [0.15, 0.2) is 54.6 Å². The Kier molecular flexibility index (Phi) is 4.87. The van der Waals surface area contributed by atoms with Gasteiger partial charge in [0, 0.05) is 25.0 Å². The first-order valence-electron chi connectivity index (χ1n) is 10.6. The molecule has 5 rings (SSSR count). The van der Waals surface area contributed by atoms with Crippen LogP contribution in [0.25, 0.3) is 0 Å². The van der Waals surface area contributed by atoms with Crippen molar-refractivity contribution in [3.05, 3.63) is 65.7 Å². The van der Waals surface area contributed by atoms with Gasteiger partial charge in [-0.15, -0.1) is 0 Å². The summed E-state index contributed by atoms with van der Waals surface area (Å²) >= 11 is 0. The molecule has 2 aromatic carbocycles. The van der Waals surface area contributed by atoms with E-state index in [0.717, 1.165) is 43.7 Å². The molecule has 2 bridgehead atoms. The zero-order chi connectivity index (χ0) is 19.0. The van der Waals surface area contributed by atoms with Crippen molar-refractivity contribution >= 4 is 0 Å². The lowest BCUT2D eigenvalue weighted by atomic mass is 9.80. The molecule has 2 aromatic rings. The van der Waals surface area contributed by atoms with Gasteiger partial charge in [-0.3, -0.25) is 4.90 Å². The Bertz CT molecular complexity index is 771. The van der Waals surface area contributed by atoms with Crippen LogP contribution in [-0.4, -0.2) is 41.4 Å². The summed E-state index contributed by atoms with van der Waals surface area (Å²) in [5, 5.41) is 11.3. The molecule has 3 atom stereocenters. The van der Waals surface area contributed by atoms with Gasteiger partial charge in [-0.1, -0.05) is 42.5 Å². The molecular formula is C24H29NO3. The van der Waals surface area contributed by atoms with Crippen LogP contribution in [0.3, 0.4) is 0 Å². The third-order valence-corrected chi connectivity index (χ3v) is 6.71. The molecule has 28 heavy (non-hydrogen) atoms. The number of piperidine rings is 1. The Morgan fingerprint density at radius 3 is 2.32 bits per heavy atom. The monoisotopic (exact) mass is 379 g/mol. The van der Waals surface area contributed by atoms with E-state index in [1.807, 2.05) is 18.2 Å². The number of hydrogen-bond donors (Lipinski definition) is 1. The molecule has 3 fully saturated rings. The van der Waals surface area contributed by atoms with E-state index in [4.69, 9.17) is 9.47 Å². The van der Waals surface area contributed by atoms with Crippen molar-refractivity contribution in [3.8, 4) is 5.75 Å². The number of nitrogens with zero attached hydrogens (tertiary/aromatic N) is 1. The van der Waals surface area contributed by atoms with Crippen molar-refractivity contribution in [2.45, 2.75) is 62.4 Å². The lowest BCUT2D eigenvalue weighted by molar-refractivity contribution is -0.0595.